The lowest BCUT2D eigenvalue weighted by molar-refractivity contribution is -0.142. The predicted octanol–water partition coefficient (Wildman–Crippen LogP) is 8.37. The predicted molar refractivity (Wildman–Crippen MR) is 294 cm³/mol. The molecule has 18 nitrogen and oxygen atoms in total. The highest BCUT2D eigenvalue weighted by molar-refractivity contribution is 6.39. The molecule has 3 aliphatic rings. The Morgan fingerprint density at radius 3 is 2.33 bits per heavy atom. The lowest BCUT2D eigenvalue weighted by atomic mass is 9.98. The number of aromatic nitrogens is 7. The number of hydrogen-bond donors (Lipinski definition) is 5. The van der Waals surface area contributed by atoms with Crippen LogP contribution in [0.15, 0.2) is 91.3 Å². The summed E-state index contributed by atoms with van der Waals surface area (Å²) in [5.74, 6) is -2.76. The van der Waals surface area contributed by atoms with Crippen LogP contribution in [-0.2, 0) is 20.9 Å². The lowest BCUT2D eigenvalue weighted by Gasteiger charge is -2.30. The van der Waals surface area contributed by atoms with Gasteiger partial charge in [0, 0.05) is 78.8 Å². The first-order chi connectivity index (χ1) is 38.6. The van der Waals surface area contributed by atoms with E-state index < -0.39 is 60.1 Å². The maximum Gasteiger partial charge on any atom is 0.319 e. The van der Waals surface area contributed by atoms with E-state index in [1.165, 1.54) is 33.8 Å². The number of rotatable bonds is 18. The molecule has 3 saturated heterocycles. The number of carbonyl (C=O) groups is 2. The number of H-pyrrole nitrogens is 1. The van der Waals surface area contributed by atoms with Crippen LogP contribution in [0, 0.1) is 23.4 Å². The number of methoxy groups -OCH3 is 1. The number of hydrogen-bond acceptors (Lipinski definition) is 14. The number of nitrogens with one attached hydrogen (secondary N) is 3. The van der Waals surface area contributed by atoms with E-state index in [4.69, 9.17) is 47.4 Å². The third-order valence-corrected chi connectivity index (χ3v) is 15.8. The van der Waals surface area contributed by atoms with Crippen molar-refractivity contribution in [3.05, 3.63) is 130 Å². The van der Waals surface area contributed by atoms with Gasteiger partial charge in [0.05, 0.1) is 58.4 Å². The van der Waals surface area contributed by atoms with Crippen LogP contribution < -0.4 is 25.0 Å². The smallest absolute Gasteiger partial charge is 0.319 e. The summed E-state index contributed by atoms with van der Waals surface area (Å²) >= 11 is 14.1. The Hall–Kier alpha value is -7.40. The average Bonchev–Trinajstić information content (AvgIpc) is 4.35. The van der Waals surface area contributed by atoms with E-state index in [1.54, 1.807) is 37.7 Å². The molecule has 0 spiro atoms. The summed E-state index contributed by atoms with van der Waals surface area (Å²) in [7, 11) is 1.59. The summed E-state index contributed by atoms with van der Waals surface area (Å²) in [6, 6.07) is 17.6. The maximum absolute atomic E-state index is 15.7. The topological polar surface area (TPSA) is 218 Å². The van der Waals surface area contributed by atoms with Gasteiger partial charge in [0.25, 0.3) is 0 Å². The molecule has 0 saturated carbocycles. The van der Waals surface area contributed by atoms with Gasteiger partial charge < -0.3 is 44.9 Å². The number of fused-ring (bicyclic) bond motifs is 4. The van der Waals surface area contributed by atoms with Gasteiger partial charge in [-0.1, -0.05) is 96.9 Å². The molecule has 3 fully saturated rings. The summed E-state index contributed by atoms with van der Waals surface area (Å²) in [5, 5.41) is 44.5. The zero-order chi connectivity index (χ0) is 56.1. The molecule has 0 aliphatic carbocycles. The molecule has 0 radical (unpaired) electrons. The molecular weight excluding hydrogens is 1080 g/mol. The summed E-state index contributed by atoms with van der Waals surface area (Å²) in [4.78, 5) is 41.9. The Balaban J connectivity index is 0.849. The zero-order valence-electron chi connectivity index (χ0n) is 43.8. The summed E-state index contributed by atoms with van der Waals surface area (Å²) in [6.07, 6.45) is 2.78. The van der Waals surface area contributed by atoms with Gasteiger partial charge in [-0.15, -0.1) is 5.10 Å². The second kappa shape index (κ2) is 22.6. The van der Waals surface area contributed by atoms with E-state index in [9.17, 15) is 28.6 Å². The normalized spacial score (nSPS) is 19.1. The minimum Gasteiger partial charge on any atom is -0.486 e. The fraction of sp³-hybridized carbons (Fsp3) is 0.351. The van der Waals surface area contributed by atoms with Crippen LogP contribution in [0.5, 0.6) is 11.8 Å². The van der Waals surface area contributed by atoms with Crippen LogP contribution in [0.4, 0.5) is 19.0 Å². The molecular formula is C57H56Cl2F3N11O7. The van der Waals surface area contributed by atoms with Crippen molar-refractivity contribution in [3.8, 4) is 45.3 Å². The molecule has 7 atom stereocenters. The van der Waals surface area contributed by atoms with Crippen molar-refractivity contribution in [1.29, 1.82) is 0 Å². The van der Waals surface area contributed by atoms with E-state index in [1.807, 2.05) is 45.0 Å². The lowest BCUT2D eigenvalue weighted by Crippen LogP contribution is -2.50. The van der Waals surface area contributed by atoms with E-state index in [0.717, 1.165) is 25.1 Å². The summed E-state index contributed by atoms with van der Waals surface area (Å²) < 4.78 is 64.6. The van der Waals surface area contributed by atoms with Gasteiger partial charge in [0.15, 0.2) is 5.75 Å². The number of aliphatic hydroxyl groups is 2. The molecule has 2 amide bonds. The largest absolute Gasteiger partial charge is 0.486 e. The van der Waals surface area contributed by atoms with Crippen molar-refractivity contribution in [2.45, 2.75) is 82.6 Å². The molecule has 5 aromatic carbocycles. The fourth-order valence-corrected chi connectivity index (χ4v) is 11.5. The average molecular weight is 1140 g/mol. The number of aliphatic hydroxyl groups excluding tert-OH is 2. The first-order valence-corrected chi connectivity index (χ1v) is 26.9. The second-order valence-corrected chi connectivity index (χ2v) is 21.6. The molecule has 6 heterocycles. The van der Waals surface area contributed by atoms with Crippen molar-refractivity contribution in [2.75, 3.05) is 44.9 Å². The van der Waals surface area contributed by atoms with Gasteiger partial charge in [-0.2, -0.15) is 15.1 Å². The zero-order valence-corrected chi connectivity index (χ0v) is 45.4. The van der Waals surface area contributed by atoms with E-state index in [-0.39, 0.29) is 94.3 Å². The highest BCUT2D eigenvalue weighted by atomic mass is 35.5. The molecule has 8 aromatic rings. The number of aromatic amines is 1. The number of likely N-dealkylation sites (tertiary alicyclic amines) is 1. The number of anilines is 1. The highest BCUT2D eigenvalue weighted by Crippen LogP contribution is 2.50. The Morgan fingerprint density at radius 1 is 0.887 bits per heavy atom. The quantitative estimate of drug-likeness (QED) is 0.0546. The molecule has 5 N–H and O–H groups in total. The Labute approximate surface area is 467 Å². The van der Waals surface area contributed by atoms with Crippen molar-refractivity contribution in [1.82, 2.24) is 50.7 Å². The van der Waals surface area contributed by atoms with E-state index in [0.29, 0.717) is 56.6 Å². The Morgan fingerprint density at radius 2 is 1.64 bits per heavy atom. The first-order valence-electron chi connectivity index (χ1n) is 26.2. The maximum atomic E-state index is 15.7. The second-order valence-electron chi connectivity index (χ2n) is 20.8. The summed E-state index contributed by atoms with van der Waals surface area (Å²) in [6.45, 7) is 6.50. The van der Waals surface area contributed by atoms with Crippen LogP contribution >= 0.6 is 23.2 Å². The van der Waals surface area contributed by atoms with Crippen LogP contribution in [0.3, 0.4) is 0 Å². The van der Waals surface area contributed by atoms with Crippen molar-refractivity contribution < 1.29 is 47.2 Å². The molecule has 11 rings (SSSR count). The Bertz CT molecular complexity index is 3610. The minimum atomic E-state index is -1.09. The molecule has 80 heavy (non-hydrogen) atoms. The van der Waals surface area contributed by atoms with Gasteiger partial charge >= 0.3 is 6.01 Å². The number of amides is 2. The third-order valence-electron chi connectivity index (χ3n) is 15.2. The first kappa shape index (κ1) is 54.6. The standard InChI is InChI=1S/C57H56Cl2F3N11O7/c1-28(2)52(56(77)72-23-36(75)17-46(72)55(76)65-45(25-74)32-12-14-33(15-13-32)47-40(60)6-5-7-41(47)61)73-24-44(69-70-73)31-10-8-30(9-11-31)27-79-53-49(48-38-21-64-68-43(38)19-42(62)50(48)59)39(58)18-37-51(53)66-57(80-26-29(3)78-4)67-54(37)71-22-34-16-35(71)20-63-34/h5-15,18-19,21,24,28-29,34-36,45-46,52,63,74-75H,16-17,20,22-23,25-27H2,1-4H3,(H,64,68)(H,65,76)/t29-,34-,35-,36+,45-,46-,52-/m0/s1. The molecule has 2 bridgehead atoms. The van der Waals surface area contributed by atoms with Crippen molar-refractivity contribution in [3.63, 3.8) is 0 Å². The molecule has 416 valence electrons. The highest BCUT2D eigenvalue weighted by Gasteiger charge is 2.44. The molecule has 3 aromatic heterocycles. The number of halogens is 5. The molecule has 3 aliphatic heterocycles. The number of benzene rings is 5. The molecule has 0 unspecified atom stereocenters. The number of piperazine rings is 1. The number of ether oxygens (including phenoxy) is 3. The number of carbonyl (C=O) groups excluding carboxylic acids is 2. The monoisotopic (exact) mass is 1130 g/mol. The van der Waals surface area contributed by atoms with Gasteiger partial charge in [0.1, 0.15) is 59.8 Å². The van der Waals surface area contributed by atoms with Gasteiger partial charge in [0.2, 0.25) is 11.8 Å². The fourth-order valence-electron chi connectivity index (χ4n) is 11.0. The van der Waals surface area contributed by atoms with Crippen LogP contribution in [-0.4, -0.2) is 132 Å². The minimum absolute atomic E-state index is 0.0200. The van der Waals surface area contributed by atoms with Crippen LogP contribution in [0.1, 0.15) is 56.8 Å². The molecule has 23 heteroatoms. The SMILES string of the molecule is CO[C@@H](C)COc1nc(N2C[C@@H]3C[C@H]2CN3)c2cc(Cl)c(-c3c(Cl)c(F)cc4[nH]ncc34)c(OCc3ccc(-c4cn([C@H](C(=O)N5C[C@H](O)C[C@H]5C(=O)N[C@@H](CO)c5ccc(-c6c(F)cccc6F)cc5)C(C)C)nn4)cc3)c2n1. The van der Waals surface area contributed by atoms with E-state index >= 15 is 4.39 Å². The third kappa shape index (κ3) is 10.5. The van der Waals surface area contributed by atoms with Gasteiger partial charge in [-0.05, 0) is 54.2 Å². The van der Waals surface area contributed by atoms with Crippen molar-refractivity contribution >= 4 is 62.6 Å². The number of nitrogens with zero attached hydrogens (tertiary/aromatic N) is 8. The van der Waals surface area contributed by atoms with Gasteiger partial charge in [-0.3, -0.25) is 14.7 Å². The Kier molecular flexibility index (Phi) is 15.4. The summed E-state index contributed by atoms with van der Waals surface area (Å²) in [5.41, 5.74) is 3.64. The van der Waals surface area contributed by atoms with Gasteiger partial charge in [-0.25, -0.2) is 17.9 Å². The number of β-amino-alcohol motifs (C(OH)–C–C–N with tert-alkyl or cyclic N) is 1. The van der Waals surface area contributed by atoms with E-state index in [2.05, 4.69) is 36.0 Å². The van der Waals surface area contributed by atoms with Crippen LogP contribution in [0.25, 0.3) is 55.3 Å². The van der Waals surface area contributed by atoms with Crippen LogP contribution in [0.2, 0.25) is 10.0 Å². The van der Waals surface area contributed by atoms with Crippen molar-refractivity contribution in [2.24, 2.45) is 5.92 Å².